The zero-order valence-corrected chi connectivity index (χ0v) is 13.6. The summed E-state index contributed by atoms with van der Waals surface area (Å²) in [6, 6.07) is 4.27. The molecule has 0 fully saturated rings. The van der Waals surface area contributed by atoms with Gasteiger partial charge in [0.25, 0.3) is 0 Å². The Labute approximate surface area is 139 Å². The number of alkyl halides is 3. The van der Waals surface area contributed by atoms with Gasteiger partial charge in [0.2, 0.25) is 5.91 Å². The summed E-state index contributed by atoms with van der Waals surface area (Å²) in [5.74, 6) is -1.49. The van der Waals surface area contributed by atoms with E-state index in [1.165, 1.54) is 23.6 Å². The van der Waals surface area contributed by atoms with Crippen LogP contribution < -0.4 is 5.32 Å². The maximum Gasteiger partial charge on any atom is 0.420 e. The number of allylic oxidation sites excluding steroid dienone is 3. The molecule has 0 bridgehead atoms. The van der Waals surface area contributed by atoms with Crippen LogP contribution in [0.1, 0.15) is 29.3 Å². The molecular weight excluding hydrogens is 343 g/mol. The van der Waals surface area contributed by atoms with E-state index in [4.69, 9.17) is 0 Å². The van der Waals surface area contributed by atoms with Crippen LogP contribution in [0.5, 0.6) is 0 Å². The predicted octanol–water partition coefficient (Wildman–Crippen LogP) is 4.21. The molecule has 24 heavy (non-hydrogen) atoms. The quantitative estimate of drug-likeness (QED) is 0.690. The molecule has 1 aliphatic rings. The lowest BCUT2D eigenvalue weighted by molar-refractivity contribution is -0.115. The molecule has 1 aromatic carbocycles. The molecule has 0 aliphatic carbocycles. The summed E-state index contributed by atoms with van der Waals surface area (Å²) in [6.07, 6.45) is -1.77. The van der Waals surface area contributed by atoms with Gasteiger partial charge in [-0.25, -0.2) is 4.79 Å². The molecule has 1 aromatic rings. The maximum atomic E-state index is 12.9. The highest BCUT2D eigenvalue weighted by Gasteiger charge is 2.37. The average Bonchev–Trinajstić information content (AvgIpc) is 2.96. The van der Waals surface area contributed by atoms with Crippen LogP contribution in [0, 0.1) is 0 Å². The van der Waals surface area contributed by atoms with E-state index in [9.17, 15) is 27.9 Å². The van der Waals surface area contributed by atoms with Gasteiger partial charge in [-0.3, -0.25) is 4.79 Å². The summed E-state index contributed by atoms with van der Waals surface area (Å²) in [5.41, 5.74) is 0.485. The summed E-state index contributed by atoms with van der Waals surface area (Å²) in [4.78, 5) is 22.2. The molecule has 1 amide bonds. The first kappa shape index (κ1) is 18.1. The highest BCUT2D eigenvalue weighted by atomic mass is 32.2. The summed E-state index contributed by atoms with van der Waals surface area (Å²) < 4.78 is 38.8. The number of thiol groups is 1. The van der Waals surface area contributed by atoms with Crippen LogP contribution in [0.15, 0.2) is 40.7 Å². The fraction of sp³-hybridized carbons (Fsp3) is 0.250. The van der Waals surface area contributed by atoms with Crippen molar-refractivity contribution < 1.29 is 27.9 Å². The zero-order chi connectivity index (χ0) is 17.9. The third-order valence-electron chi connectivity index (χ3n) is 3.38. The van der Waals surface area contributed by atoms with Crippen molar-refractivity contribution in [2.45, 2.75) is 25.3 Å². The minimum atomic E-state index is -4.39. The molecule has 1 aliphatic heterocycles. The first-order chi connectivity index (χ1) is 11.2. The van der Waals surface area contributed by atoms with Crippen LogP contribution in [0.25, 0.3) is 0 Å². The van der Waals surface area contributed by atoms with Crippen LogP contribution in [0.2, 0.25) is 0 Å². The number of nitrogens with one attached hydrogen (secondary N) is 1. The lowest BCUT2D eigenvalue weighted by atomic mass is 10.1. The fourth-order valence-corrected chi connectivity index (χ4v) is 4.14. The van der Waals surface area contributed by atoms with E-state index < -0.39 is 27.9 Å². The van der Waals surface area contributed by atoms with Crippen molar-refractivity contribution in [3.05, 3.63) is 51.8 Å². The summed E-state index contributed by atoms with van der Waals surface area (Å²) >= 11 is 0. The lowest BCUT2D eigenvalue weighted by Gasteiger charge is -2.21. The van der Waals surface area contributed by atoms with E-state index >= 15 is 0 Å². The van der Waals surface area contributed by atoms with Gasteiger partial charge in [0.1, 0.15) is 0 Å². The third kappa shape index (κ3) is 4.19. The minimum Gasteiger partial charge on any atom is -0.478 e. The number of carboxylic acids is 1. The Morgan fingerprint density at radius 3 is 2.58 bits per heavy atom. The van der Waals surface area contributed by atoms with Gasteiger partial charge in [0.15, 0.2) is 0 Å². The molecule has 8 heteroatoms. The Kier molecular flexibility index (Phi) is 5.38. The monoisotopic (exact) mass is 359 g/mol. The number of rotatable bonds is 5. The Bertz CT molecular complexity index is 726. The summed E-state index contributed by atoms with van der Waals surface area (Å²) in [7, 11) is -1.56. The SMILES string of the molecule is CCC(=O)Nc1ccc(C[SH]2C=CC=C2C(F)(F)F)cc1C(=O)O. The fourth-order valence-electron chi connectivity index (χ4n) is 2.22. The number of halogens is 3. The topological polar surface area (TPSA) is 66.4 Å². The van der Waals surface area contributed by atoms with Gasteiger partial charge in [-0.15, -0.1) is 0 Å². The van der Waals surface area contributed by atoms with Crippen molar-refractivity contribution in [1.82, 2.24) is 0 Å². The molecule has 0 radical (unpaired) electrons. The number of carboxylic acid groups (broad SMARTS) is 1. The highest BCUT2D eigenvalue weighted by molar-refractivity contribution is 8.22. The standard InChI is InChI=1S/C16H16F3NO3S/c1-2-14(21)20-12-6-5-10(8-11(12)15(22)23)9-24-7-3-4-13(24)16(17,18)19/h3-8,24H,2,9H2,1H3,(H,20,21)(H,22,23). The second-order valence-corrected chi connectivity index (χ2v) is 7.14. The van der Waals surface area contributed by atoms with E-state index in [0.29, 0.717) is 5.56 Å². The molecule has 0 saturated heterocycles. The van der Waals surface area contributed by atoms with Gasteiger partial charge >= 0.3 is 12.1 Å². The van der Waals surface area contributed by atoms with Gasteiger partial charge in [-0.1, -0.05) is 19.1 Å². The molecule has 0 saturated carbocycles. The summed E-state index contributed by atoms with van der Waals surface area (Å²) in [6.45, 7) is 1.63. The Morgan fingerprint density at radius 1 is 1.29 bits per heavy atom. The van der Waals surface area contributed by atoms with Crippen molar-refractivity contribution >= 4 is 28.5 Å². The van der Waals surface area contributed by atoms with Crippen LogP contribution in [-0.4, -0.2) is 23.2 Å². The summed E-state index contributed by atoms with van der Waals surface area (Å²) in [5, 5.41) is 13.2. The molecule has 0 aromatic heterocycles. The van der Waals surface area contributed by atoms with Crippen molar-refractivity contribution in [1.29, 1.82) is 0 Å². The number of benzene rings is 1. The van der Waals surface area contributed by atoms with E-state index in [2.05, 4.69) is 5.32 Å². The predicted molar refractivity (Wildman–Crippen MR) is 88.3 cm³/mol. The van der Waals surface area contributed by atoms with Gasteiger partial charge in [0, 0.05) is 12.2 Å². The molecule has 130 valence electrons. The Hall–Kier alpha value is -2.22. The number of carbonyl (C=O) groups excluding carboxylic acids is 1. The number of amides is 1. The smallest absolute Gasteiger partial charge is 0.420 e. The lowest BCUT2D eigenvalue weighted by Crippen LogP contribution is -2.14. The van der Waals surface area contributed by atoms with Crippen molar-refractivity contribution in [3.8, 4) is 0 Å². The van der Waals surface area contributed by atoms with Crippen LogP contribution in [0.4, 0.5) is 18.9 Å². The van der Waals surface area contributed by atoms with Gasteiger partial charge in [0.05, 0.1) is 16.2 Å². The van der Waals surface area contributed by atoms with Crippen LogP contribution in [-0.2, 0) is 10.5 Å². The molecule has 1 unspecified atom stereocenters. The van der Waals surface area contributed by atoms with Gasteiger partial charge < -0.3 is 10.4 Å². The first-order valence-electron chi connectivity index (χ1n) is 7.10. The molecular formula is C16H16F3NO3S. The third-order valence-corrected chi connectivity index (χ3v) is 5.64. The van der Waals surface area contributed by atoms with E-state index in [1.54, 1.807) is 13.0 Å². The number of anilines is 1. The van der Waals surface area contributed by atoms with E-state index in [-0.39, 0.29) is 29.3 Å². The Balaban J connectivity index is 2.25. The van der Waals surface area contributed by atoms with Gasteiger partial charge in [-0.05, 0) is 29.2 Å². The minimum absolute atomic E-state index is 0.0967. The van der Waals surface area contributed by atoms with Crippen molar-refractivity contribution in [2.75, 3.05) is 5.32 Å². The van der Waals surface area contributed by atoms with Crippen LogP contribution >= 0.6 is 10.9 Å². The number of hydrogen-bond acceptors (Lipinski definition) is 2. The van der Waals surface area contributed by atoms with E-state index in [1.807, 2.05) is 0 Å². The second-order valence-electron chi connectivity index (χ2n) is 5.11. The number of carbonyl (C=O) groups is 2. The van der Waals surface area contributed by atoms with E-state index in [0.717, 1.165) is 6.08 Å². The van der Waals surface area contributed by atoms with Crippen molar-refractivity contribution in [3.63, 3.8) is 0 Å². The normalized spacial score (nSPS) is 18.3. The van der Waals surface area contributed by atoms with Crippen molar-refractivity contribution in [2.24, 2.45) is 0 Å². The highest BCUT2D eigenvalue weighted by Crippen LogP contribution is 2.51. The average molecular weight is 359 g/mol. The zero-order valence-electron chi connectivity index (χ0n) is 12.7. The maximum absolute atomic E-state index is 12.9. The van der Waals surface area contributed by atoms with Gasteiger partial charge in [-0.2, -0.15) is 24.1 Å². The number of aromatic carboxylic acids is 1. The second kappa shape index (κ2) is 7.12. The molecule has 2 N–H and O–H groups in total. The molecule has 2 rings (SSSR count). The molecule has 4 nitrogen and oxygen atoms in total. The first-order valence-corrected chi connectivity index (χ1v) is 8.70. The molecule has 1 atom stereocenters. The largest absolute Gasteiger partial charge is 0.478 e. The molecule has 0 spiro atoms. The Morgan fingerprint density at radius 2 is 2.00 bits per heavy atom. The molecule has 1 heterocycles. The van der Waals surface area contributed by atoms with Crippen LogP contribution in [0.3, 0.4) is 0 Å². The number of hydrogen-bond donors (Lipinski definition) is 3.